The van der Waals surface area contributed by atoms with Crippen molar-refractivity contribution >= 4 is 17.3 Å². The molecule has 0 radical (unpaired) electrons. The van der Waals surface area contributed by atoms with Gasteiger partial charge < -0.3 is 4.90 Å². The number of nitrogens with zero attached hydrogens (tertiary/aromatic N) is 3. The normalized spacial score (nSPS) is 17.7. The Hall–Kier alpha value is -1.61. The van der Waals surface area contributed by atoms with Crippen molar-refractivity contribution in [2.45, 2.75) is 31.6 Å². The van der Waals surface area contributed by atoms with Crippen molar-refractivity contribution in [3.05, 3.63) is 40.7 Å². The molecule has 2 heterocycles. The lowest BCUT2D eigenvalue weighted by Crippen LogP contribution is -2.24. The van der Waals surface area contributed by atoms with Crippen LogP contribution in [0.5, 0.6) is 0 Å². The van der Waals surface area contributed by atoms with Crippen LogP contribution >= 0.6 is 11.6 Å². The monoisotopic (exact) mass is 299 g/mol. The topological polar surface area (TPSA) is 29.0 Å². The molecule has 2 aliphatic rings. The third-order valence-corrected chi connectivity index (χ3v) is 4.59. The molecule has 3 nitrogen and oxygen atoms in total. The van der Waals surface area contributed by atoms with E-state index in [1.807, 2.05) is 6.07 Å². The molecule has 1 saturated carbocycles. The molecule has 1 aliphatic heterocycles. The fourth-order valence-corrected chi connectivity index (χ4v) is 3.27. The quantitative estimate of drug-likeness (QED) is 0.783. The maximum atomic E-state index is 6.18. The van der Waals surface area contributed by atoms with E-state index in [0.717, 1.165) is 30.0 Å². The maximum absolute atomic E-state index is 6.18. The molecule has 2 aromatic rings. The Kier molecular flexibility index (Phi) is 3.11. The number of benzene rings is 1. The Labute approximate surface area is 130 Å². The second-order valence-electron chi connectivity index (χ2n) is 6.08. The van der Waals surface area contributed by atoms with Crippen LogP contribution in [0.2, 0.25) is 5.15 Å². The minimum Gasteiger partial charge on any atom is -0.374 e. The van der Waals surface area contributed by atoms with Crippen LogP contribution in [0, 0.1) is 0 Å². The Bertz CT molecular complexity index is 694. The molecule has 0 unspecified atom stereocenters. The fourth-order valence-electron chi connectivity index (χ4n) is 3.08. The van der Waals surface area contributed by atoms with Gasteiger partial charge >= 0.3 is 0 Å². The highest BCUT2D eigenvalue weighted by molar-refractivity contribution is 6.29. The number of hydrogen-bond acceptors (Lipinski definition) is 3. The van der Waals surface area contributed by atoms with E-state index in [1.54, 1.807) is 0 Å². The van der Waals surface area contributed by atoms with Gasteiger partial charge in [-0.1, -0.05) is 11.6 Å². The molecule has 0 N–H and O–H groups in total. The summed E-state index contributed by atoms with van der Waals surface area (Å²) < 4.78 is 0. The van der Waals surface area contributed by atoms with Crippen molar-refractivity contribution in [2.24, 2.45) is 0 Å². The maximum Gasteiger partial charge on any atom is 0.161 e. The lowest BCUT2D eigenvalue weighted by atomic mass is 9.99. The summed E-state index contributed by atoms with van der Waals surface area (Å²) in [5, 5.41) is 0.553. The minimum atomic E-state index is 0.553. The highest BCUT2D eigenvalue weighted by Crippen LogP contribution is 2.40. The van der Waals surface area contributed by atoms with Gasteiger partial charge in [-0.25, -0.2) is 9.97 Å². The first kappa shape index (κ1) is 13.1. The van der Waals surface area contributed by atoms with Gasteiger partial charge in [0.15, 0.2) is 5.82 Å². The zero-order valence-corrected chi connectivity index (χ0v) is 12.9. The number of aryl methyl sites for hydroxylation is 1. The summed E-state index contributed by atoms with van der Waals surface area (Å²) in [6, 6.07) is 8.44. The first-order chi connectivity index (χ1) is 10.2. The molecule has 0 bridgehead atoms. The summed E-state index contributed by atoms with van der Waals surface area (Å²) in [7, 11) is 2.15. The number of rotatable bonds is 2. The average Bonchev–Trinajstić information content (AvgIpc) is 3.31. The number of aromatic nitrogens is 2. The Morgan fingerprint density at radius 2 is 2.05 bits per heavy atom. The molecule has 0 spiro atoms. The molecule has 108 valence electrons. The SMILES string of the molecule is CN1CCCc2cc(-c3nc(Cl)cc(C4CC4)n3)ccc21. The van der Waals surface area contributed by atoms with Crippen LogP contribution in [0.4, 0.5) is 5.69 Å². The van der Waals surface area contributed by atoms with E-state index in [2.05, 4.69) is 35.1 Å². The van der Waals surface area contributed by atoms with E-state index in [4.69, 9.17) is 16.6 Å². The second-order valence-corrected chi connectivity index (χ2v) is 6.47. The van der Waals surface area contributed by atoms with Gasteiger partial charge in [0.1, 0.15) is 5.15 Å². The molecule has 1 aromatic heterocycles. The summed E-state index contributed by atoms with van der Waals surface area (Å²) in [5.41, 5.74) is 4.89. The standard InChI is InChI=1S/C17H18ClN3/c1-21-8-2-3-12-9-13(6-7-15(12)21)17-19-14(11-4-5-11)10-16(18)20-17/h6-7,9-11H,2-5,8H2,1H3. The minimum absolute atomic E-state index is 0.553. The third-order valence-electron chi connectivity index (χ3n) is 4.40. The van der Waals surface area contributed by atoms with E-state index in [9.17, 15) is 0 Å². The van der Waals surface area contributed by atoms with Crippen molar-refractivity contribution in [2.75, 3.05) is 18.5 Å². The van der Waals surface area contributed by atoms with Crippen molar-refractivity contribution in [3.8, 4) is 11.4 Å². The molecule has 1 fully saturated rings. The summed E-state index contributed by atoms with van der Waals surface area (Å²) in [6.45, 7) is 1.13. The van der Waals surface area contributed by atoms with Gasteiger partial charge in [-0.2, -0.15) is 0 Å². The van der Waals surface area contributed by atoms with Crippen LogP contribution < -0.4 is 4.90 Å². The van der Waals surface area contributed by atoms with E-state index >= 15 is 0 Å². The molecule has 21 heavy (non-hydrogen) atoms. The number of hydrogen-bond donors (Lipinski definition) is 0. The molecule has 4 heteroatoms. The van der Waals surface area contributed by atoms with Crippen LogP contribution in [-0.4, -0.2) is 23.6 Å². The van der Waals surface area contributed by atoms with Gasteiger partial charge in [-0.3, -0.25) is 0 Å². The fraction of sp³-hybridized carbons (Fsp3) is 0.412. The van der Waals surface area contributed by atoms with Crippen molar-refractivity contribution in [1.82, 2.24) is 9.97 Å². The summed E-state index contributed by atoms with van der Waals surface area (Å²) in [4.78, 5) is 11.5. The average molecular weight is 300 g/mol. The van der Waals surface area contributed by atoms with Gasteiger partial charge in [0.05, 0.1) is 0 Å². The van der Waals surface area contributed by atoms with Crippen molar-refractivity contribution in [1.29, 1.82) is 0 Å². The molecule has 0 amide bonds. The Morgan fingerprint density at radius 1 is 1.19 bits per heavy atom. The van der Waals surface area contributed by atoms with E-state index < -0.39 is 0 Å². The zero-order valence-electron chi connectivity index (χ0n) is 12.1. The van der Waals surface area contributed by atoms with Gasteiger partial charge in [-0.15, -0.1) is 0 Å². The van der Waals surface area contributed by atoms with Crippen molar-refractivity contribution < 1.29 is 0 Å². The second kappa shape index (κ2) is 4.99. The predicted octanol–water partition coefficient (Wildman–Crippen LogP) is 4.06. The van der Waals surface area contributed by atoms with Gasteiger partial charge in [0, 0.05) is 36.5 Å². The zero-order chi connectivity index (χ0) is 14.4. The van der Waals surface area contributed by atoms with E-state index in [-0.39, 0.29) is 0 Å². The lowest BCUT2D eigenvalue weighted by Gasteiger charge is -2.27. The molecule has 0 saturated heterocycles. The highest BCUT2D eigenvalue weighted by atomic mass is 35.5. The largest absolute Gasteiger partial charge is 0.374 e. The third kappa shape index (κ3) is 2.51. The first-order valence-electron chi connectivity index (χ1n) is 7.59. The smallest absolute Gasteiger partial charge is 0.161 e. The highest BCUT2D eigenvalue weighted by Gasteiger charge is 2.26. The first-order valence-corrected chi connectivity index (χ1v) is 7.97. The van der Waals surface area contributed by atoms with Crippen LogP contribution in [0.25, 0.3) is 11.4 Å². The van der Waals surface area contributed by atoms with Crippen molar-refractivity contribution in [3.63, 3.8) is 0 Å². The Morgan fingerprint density at radius 3 is 2.86 bits per heavy atom. The summed E-state index contributed by atoms with van der Waals surface area (Å²) in [6.07, 6.45) is 4.78. The van der Waals surface area contributed by atoms with E-state index in [1.165, 1.54) is 30.5 Å². The molecule has 4 rings (SSSR count). The van der Waals surface area contributed by atoms with Crippen LogP contribution in [0.3, 0.4) is 0 Å². The summed E-state index contributed by atoms with van der Waals surface area (Å²) in [5.74, 6) is 1.36. The number of anilines is 1. The number of fused-ring (bicyclic) bond motifs is 1. The van der Waals surface area contributed by atoms with Crippen LogP contribution in [-0.2, 0) is 6.42 Å². The van der Waals surface area contributed by atoms with Crippen LogP contribution in [0.15, 0.2) is 24.3 Å². The lowest BCUT2D eigenvalue weighted by molar-refractivity contribution is 0.744. The predicted molar refractivity (Wildman–Crippen MR) is 86.0 cm³/mol. The Balaban J connectivity index is 1.76. The van der Waals surface area contributed by atoms with Gasteiger partial charge in [0.2, 0.25) is 0 Å². The molecular weight excluding hydrogens is 282 g/mol. The van der Waals surface area contributed by atoms with Gasteiger partial charge in [-0.05, 0) is 55.5 Å². The molecule has 1 aromatic carbocycles. The van der Waals surface area contributed by atoms with E-state index in [0.29, 0.717) is 11.1 Å². The number of halogens is 1. The van der Waals surface area contributed by atoms with Gasteiger partial charge in [0.25, 0.3) is 0 Å². The summed E-state index contributed by atoms with van der Waals surface area (Å²) >= 11 is 6.18. The van der Waals surface area contributed by atoms with Crippen LogP contribution in [0.1, 0.15) is 36.4 Å². The molecule has 1 aliphatic carbocycles. The molecular formula is C17H18ClN3. The molecule has 0 atom stereocenters.